The fourth-order valence-electron chi connectivity index (χ4n) is 3.77. The summed E-state index contributed by atoms with van der Waals surface area (Å²) in [6.45, 7) is 2.13. The topological polar surface area (TPSA) is 66.8 Å². The summed E-state index contributed by atoms with van der Waals surface area (Å²) in [6, 6.07) is 0. The first kappa shape index (κ1) is 26.4. The summed E-state index contributed by atoms with van der Waals surface area (Å²) in [5, 5.41) is 16.0. The quantitative estimate of drug-likeness (QED) is 0.218. The maximum absolute atomic E-state index is 10.5. The Bertz CT molecular complexity index is 387. The van der Waals surface area contributed by atoms with E-state index in [-0.39, 0.29) is 0 Å². The number of aliphatic hydroxyl groups excluding tert-OH is 1. The monoisotopic (exact) mass is 404 g/mol. The molecule has 0 aromatic rings. The minimum atomic E-state index is -0.682. The van der Waals surface area contributed by atoms with Gasteiger partial charge in [0, 0.05) is 26.0 Å². The van der Waals surface area contributed by atoms with Crippen molar-refractivity contribution in [2.75, 3.05) is 14.2 Å². The van der Waals surface area contributed by atoms with Crippen molar-refractivity contribution in [2.24, 2.45) is 11.8 Å². The predicted octanol–water partition coefficient (Wildman–Crippen LogP) is 5.81. The Morgan fingerprint density at radius 3 is 2.52 bits per heavy atom. The second-order valence-electron chi connectivity index (χ2n) is 7.53. The summed E-state index contributed by atoms with van der Waals surface area (Å²) < 4.78 is 5.28. The fraction of sp³-hybridized carbons (Fsp3) is 0.864. The first-order chi connectivity index (χ1) is 13.0. The lowest BCUT2D eigenvalue weighted by Crippen LogP contribution is -2.13. The summed E-state index contributed by atoms with van der Waals surface area (Å²) in [5.74, 6) is 0.559. The smallest absolute Gasteiger partial charge is 0.303 e. The molecule has 0 amide bonds. The van der Waals surface area contributed by atoms with Crippen LogP contribution in [0.5, 0.6) is 0 Å². The zero-order chi connectivity index (χ0) is 20.5. The van der Waals surface area contributed by atoms with Crippen LogP contribution in [0.2, 0.25) is 0 Å². The average molecular weight is 405 g/mol. The largest absolute Gasteiger partial charge is 0.481 e. The van der Waals surface area contributed by atoms with E-state index in [9.17, 15) is 4.79 Å². The average Bonchev–Trinajstić information content (AvgIpc) is 3.01. The van der Waals surface area contributed by atoms with E-state index >= 15 is 0 Å². The molecule has 4 nitrogen and oxygen atoms in total. The number of carboxylic acid groups (broad SMARTS) is 1. The van der Waals surface area contributed by atoms with Crippen LogP contribution >= 0.6 is 11.6 Å². The van der Waals surface area contributed by atoms with Crippen LogP contribution in [0.25, 0.3) is 0 Å². The molecule has 2 N–H and O–H groups in total. The lowest BCUT2D eigenvalue weighted by molar-refractivity contribution is -0.137. The Labute approximate surface area is 171 Å². The molecule has 0 radical (unpaired) electrons. The number of carboxylic acids is 1. The SMILES string of the molecule is CO.COC(C)CCCC/C=C/C1CCC(Cl)[C@@H]1CCCCCCC(=O)O. The highest BCUT2D eigenvalue weighted by Gasteiger charge is 2.32. The zero-order valence-corrected chi connectivity index (χ0v) is 18.3. The third-order valence-electron chi connectivity index (χ3n) is 5.49. The van der Waals surface area contributed by atoms with Crippen LogP contribution in [0.1, 0.15) is 84.0 Å². The van der Waals surface area contributed by atoms with Gasteiger partial charge in [0.15, 0.2) is 0 Å². The van der Waals surface area contributed by atoms with E-state index in [1.54, 1.807) is 7.11 Å². The summed E-state index contributed by atoms with van der Waals surface area (Å²) in [7, 11) is 2.78. The van der Waals surface area contributed by atoms with Crippen molar-refractivity contribution in [3.05, 3.63) is 12.2 Å². The number of allylic oxidation sites excluding steroid dienone is 2. The molecule has 1 saturated carbocycles. The van der Waals surface area contributed by atoms with E-state index in [1.807, 2.05) is 0 Å². The number of aliphatic carboxylic acids is 1. The van der Waals surface area contributed by atoms with Crippen molar-refractivity contribution in [1.82, 2.24) is 0 Å². The number of halogens is 1. The Balaban J connectivity index is 0.00000326. The molecule has 4 atom stereocenters. The van der Waals surface area contributed by atoms with Gasteiger partial charge >= 0.3 is 5.97 Å². The first-order valence-electron chi connectivity index (χ1n) is 10.5. The lowest BCUT2D eigenvalue weighted by atomic mass is 9.89. The maximum Gasteiger partial charge on any atom is 0.303 e. The van der Waals surface area contributed by atoms with Crippen LogP contribution in [0.3, 0.4) is 0 Å². The maximum atomic E-state index is 10.5. The second kappa shape index (κ2) is 17.5. The van der Waals surface area contributed by atoms with Crippen molar-refractivity contribution in [1.29, 1.82) is 0 Å². The molecule has 1 rings (SSSR count). The molecule has 1 fully saturated rings. The van der Waals surface area contributed by atoms with Crippen molar-refractivity contribution in [3.63, 3.8) is 0 Å². The molecule has 5 heteroatoms. The summed E-state index contributed by atoms with van der Waals surface area (Å²) in [6.07, 6.45) is 17.8. The van der Waals surface area contributed by atoms with E-state index in [0.717, 1.165) is 45.6 Å². The van der Waals surface area contributed by atoms with E-state index in [1.165, 1.54) is 32.1 Å². The molecule has 0 heterocycles. The molecule has 1 aliphatic rings. The van der Waals surface area contributed by atoms with Crippen molar-refractivity contribution in [3.8, 4) is 0 Å². The number of rotatable bonds is 14. The number of aliphatic hydroxyl groups is 1. The van der Waals surface area contributed by atoms with Gasteiger partial charge in [0.05, 0.1) is 6.10 Å². The molecule has 0 spiro atoms. The van der Waals surface area contributed by atoms with Gasteiger partial charge in [-0.15, -0.1) is 11.6 Å². The number of ether oxygens (including phenoxy) is 1. The van der Waals surface area contributed by atoms with Crippen molar-refractivity contribution in [2.45, 2.75) is 95.5 Å². The third kappa shape index (κ3) is 13.3. The van der Waals surface area contributed by atoms with Gasteiger partial charge in [0.25, 0.3) is 0 Å². The van der Waals surface area contributed by atoms with Gasteiger partial charge in [-0.3, -0.25) is 4.79 Å². The molecular weight excluding hydrogens is 364 g/mol. The Hall–Kier alpha value is -0.580. The highest BCUT2D eigenvalue weighted by atomic mass is 35.5. The van der Waals surface area contributed by atoms with Gasteiger partial charge in [-0.1, -0.05) is 37.8 Å². The predicted molar refractivity (Wildman–Crippen MR) is 113 cm³/mol. The van der Waals surface area contributed by atoms with Crippen LogP contribution < -0.4 is 0 Å². The molecular formula is C22H41ClO4. The third-order valence-corrected chi connectivity index (χ3v) is 6.03. The lowest BCUT2D eigenvalue weighted by Gasteiger charge is -2.19. The van der Waals surface area contributed by atoms with E-state index < -0.39 is 5.97 Å². The number of alkyl halides is 1. The van der Waals surface area contributed by atoms with Crippen LogP contribution in [0.4, 0.5) is 0 Å². The van der Waals surface area contributed by atoms with Gasteiger partial charge < -0.3 is 14.9 Å². The standard InChI is InChI=1S/C21H37ClO3.CH4O/c1-17(25-2)11-7-3-4-8-12-18-15-16-20(22)19(18)13-9-5-6-10-14-21(23)24;1-2/h8,12,17-20H,3-7,9-11,13-16H2,1-2H3,(H,23,24);2H,1H3/b12-8+;/t17?,18?,19-,20?;/m1./s1. The molecule has 0 aromatic heterocycles. The van der Waals surface area contributed by atoms with Gasteiger partial charge in [-0.25, -0.2) is 0 Å². The van der Waals surface area contributed by atoms with Crippen LogP contribution in [0, 0.1) is 11.8 Å². The van der Waals surface area contributed by atoms with Gasteiger partial charge in [-0.05, 0) is 63.7 Å². The second-order valence-corrected chi connectivity index (χ2v) is 8.09. The highest BCUT2D eigenvalue weighted by molar-refractivity contribution is 6.21. The van der Waals surface area contributed by atoms with Gasteiger partial charge in [0.1, 0.15) is 0 Å². The molecule has 3 unspecified atom stereocenters. The zero-order valence-electron chi connectivity index (χ0n) is 17.5. The normalized spacial score (nSPS) is 23.2. The molecule has 1 aliphatic carbocycles. The summed E-state index contributed by atoms with van der Waals surface area (Å²) in [4.78, 5) is 10.5. The van der Waals surface area contributed by atoms with E-state index in [0.29, 0.717) is 29.7 Å². The van der Waals surface area contributed by atoms with Crippen molar-refractivity contribution < 1.29 is 19.7 Å². The van der Waals surface area contributed by atoms with E-state index in [2.05, 4.69) is 19.1 Å². The van der Waals surface area contributed by atoms with Gasteiger partial charge in [0.2, 0.25) is 0 Å². The Kier molecular flexibility index (Phi) is 17.1. The van der Waals surface area contributed by atoms with Crippen molar-refractivity contribution >= 4 is 17.6 Å². The number of hydrogen-bond acceptors (Lipinski definition) is 3. The molecule has 0 saturated heterocycles. The number of unbranched alkanes of at least 4 members (excludes halogenated alkanes) is 5. The number of methoxy groups -OCH3 is 1. The minimum absolute atomic E-state index is 0.302. The molecule has 27 heavy (non-hydrogen) atoms. The van der Waals surface area contributed by atoms with Crippen LogP contribution in [0.15, 0.2) is 12.2 Å². The summed E-state index contributed by atoms with van der Waals surface area (Å²) >= 11 is 6.54. The Morgan fingerprint density at radius 2 is 1.85 bits per heavy atom. The highest BCUT2D eigenvalue weighted by Crippen LogP contribution is 2.40. The van der Waals surface area contributed by atoms with Gasteiger partial charge in [-0.2, -0.15) is 0 Å². The van der Waals surface area contributed by atoms with Crippen LogP contribution in [-0.2, 0) is 9.53 Å². The molecule has 160 valence electrons. The number of carbonyl (C=O) groups is 1. The number of hydrogen-bond donors (Lipinski definition) is 2. The van der Waals surface area contributed by atoms with E-state index in [4.69, 9.17) is 26.6 Å². The fourth-order valence-corrected chi connectivity index (χ4v) is 4.21. The summed E-state index contributed by atoms with van der Waals surface area (Å²) in [5.41, 5.74) is 0. The van der Waals surface area contributed by atoms with Crippen LogP contribution in [-0.4, -0.2) is 41.9 Å². The molecule has 0 bridgehead atoms. The molecule has 0 aromatic carbocycles. The minimum Gasteiger partial charge on any atom is -0.481 e. The molecule has 0 aliphatic heterocycles. The Morgan fingerprint density at radius 1 is 1.15 bits per heavy atom. The first-order valence-corrected chi connectivity index (χ1v) is 11.0.